The smallest absolute Gasteiger partial charge is 0.257 e. The van der Waals surface area contributed by atoms with E-state index in [0.29, 0.717) is 18.2 Å². The second kappa shape index (κ2) is 9.09. The van der Waals surface area contributed by atoms with E-state index < -0.39 is 0 Å². The van der Waals surface area contributed by atoms with E-state index in [1.54, 1.807) is 11.8 Å². The molecular weight excluding hydrogens is 392 g/mol. The second-order valence-corrected chi connectivity index (χ2v) is 9.65. The Balaban J connectivity index is 1.34. The fourth-order valence-electron chi connectivity index (χ4n) is 4.18. The molecule has 0 spiro atoms. The zero-order valence-corrected chi connectivity index (χ0v) is 18.3. The van der Waals surface area contributed by atoms with Gasteiger partial charge in [0.05, 0.1) is 4.91 Å². The molecule has 30 heavy (non-hydrogen) atoms. The molecule has 4 nitrogen and oxygen atoms in total. The van der Waals surface area contributed by atoms with Gasteiger partial charge in [-0.3, -0.25) is 9.59 Å². The average molecular weight is 421 g/mol. The van der Waals surface area contributed by atoms with Crippen LogP contribution in [0.4, 0.5) is 0 Å². The van der Waals surface area contributed by atoms with Gasteiger partial charge in [0.1, 0.15) is 0 Å². The minimum Gasteiger partial charge on any atom is -0.352 e. The molecule has 2 aromatic rings. The molecule has 1 aliphatic heterocycles. The number of fused-ring (bicyclic) bond motifs is 1. The number of hydrogen-bond donors (Lipinski definition) is 2. The molecule has 0 radical (unpaired) electrons. The van der Waals surface area contributed by atoms with Crippen molar-refractivity contribution in [2.45, 2.75) is 50.9 Å². The Labute approximate surface area is 182 Å². The number of rotatable bonds is 4. The average Bonchev–Trinajstić information content (AvgIpc) is 2.73. The van der Waals surface area contributed by atoms with Gasteiger partial charge in [-0.2, -0.15) is 0 Å². The molecule has 2 fully saturated rings. The molecule has 2 aliphatic rings. The van der Waals surface area contributed by atoms with E-state index in [4.69, 9.17) is 0 Å². The van der Waals surface area contributed by atoms with Crippen LogP contribution in [-0.2, 0) is 16.1 Å². The van der Waals surface area contributed by atoms with Crippen LogP contribution in [0.3, 0.4) is 0 Å². The van der Waals surface area contributed by atoms with Crippen molar-refractivity contribution in [2.24, 2.45) is 5.92 Å². The Bertz CT molecular complexity index is 967. The molecule has 0 bridgehead atoms. The van der Waals surface area contributed by atoms with Crippen molar-refractivity contribution in [1.29, 1.82) is 0 Å². The Hall–Kier alpha value is -2.53. The third kappa shape index (κ3) is 4.96. The fraction of sp³-hybridized carbons (Fsp3) is 0.360. The lowest BCUT2D eigenvalue weighted by Crippen LogP contribution is -2.51. The molecule has 3 unspecified atom stereocenters. The summed E-state index contributed by atoms with van der Waals surface area (Å²) in [6, 6.07) is 16.4. The first kappa shape index (κ1) is 20.7. The lowest BCUT2D eigenvalue weighted by atomic mass is 9.84. The predicted octanol–water partition coefficient (Wildman–Crippen LogP) is 4.36. The Morgan fingerprint density at radius 3 is 2.70 bits per heavy atom. The maximum Gasteiger partial charge on any atom is 0.257 e. The fourth-order valence-corrected chi connectivity index (χ4v) is 5.47. The van der Waals surface area contributed by atoms with Crippen LogP contribution in [0.15, 0.2) is 53.4 Å². The quantitative estimate of drug-likeness (QED) is 0.723. The van der Waals surface area contributed by atoms with Crippen molar-refractivity contribution >= 4 is 29.7 Å². The Kier molecular flexibility index (Phi) is 6.28. The van der Waals surface area contributed by atoms with Crippen molar-refractivity contribution in [2.75, 3.05) is 0 Å². The molecule has 2 N–H and O–H groups in total. The van der Waals surface area contributed by atoms with Crippen LogP contribution in [-0.4, -0.2) is 23.1 Å². The van der Waals surface area contributed by atoms with Gasteiger partial charge in [-0.25, -0.2) is 0 Å². The van der Waals surface area contributed by atoms with Crippen LogP contribution in [0.25, 0.3) is 6.08 Å². The minimum atomic E-state index is -0.0418. The highest BCUT2D eigenvalue weighted by molar-refractivity contribution is 8.04. The lowest BCUT2D eigenvalue weighted by molar-refractivity contribution is -0.127. The molecular formula is C25H28N2O2S. The lowest BCUT2D eigenvalue weighted by Gasteiger charge is -2.39. The standard InChI is InChI=1S/C25H28N2O2S/c1-16-6-8-18(9-7-16)15-26-24(28)20-10-11-22-21(14-20)27-25(29)23(30-22)13-19-5-3-4-17(2)12-19/h3-9,12-13,20-22H,10-11,14-15H2,1-2H3,(H,26,28)(H,27,29)/b23-13+. The molecule has 3 atom stereocenters. The first-order chi connectivity index (χ1) is 14.5. The third-order valence-electron chi connectivity index (χ3n) is 5.90. The summed E-state index contributed by atoms with van der Waals surface area (Å²) >= 11 is 1.67. The summed E-state index contributed by atoms with van der Waals surface area (Å²) in [5, 5.41) is 6.57. The zero-order valence-electron chi connectivity index (χ0n) is 17.5. The van der Waals surface area contributed by atoms with Crippen molar-refractivity contribution in [3.8, 4) is 0 Å². The van der Waals surface area contributed by atoms with E-state index in [1.165, 1.54) is 11.1 Å². The topological polar surface area (TPSA) is 58.2 Å². The first-order valence-electron chi connectivity index (χ1n) is 10.6. The Morgan fingerprint density at radius 2 is 1.93 bits per heavy atom. The van der Waals surface area contributed by atoms with Crippen LogP contribution >= 0.6 is 11.8 Å². The summed E-state index contributed by atoms with van der Waals surface area (Å²) in [6.45, 7) is 4.66. The molecule has 2 amide bonds. The van der Waals surface area contributed by atoms with Gasteiger partial charge >= 0.3 is 0 Å². The summed E-state index contributed by atoms with van der Waals surface area (Å²) in [5.41, 5.74) is 4.55. The van der Waals surface area contributed by atoms with Gasteiger partial charge in [-0.05, 0) is 50.3 Å². The van der Waals surface area contributed by atoms with Crippen molar-refractivity contribution in [3.63, 3.8) is 0 Å². The van der Waals surface area contributed by atoms with Gasteiger partial charge < -0.3 is 10.6 Å². The summed E-state index contributed by atoms with van der Waals surface area (Å²) < 4.78 is 0. The normalized spacial score (nSPS) is 24.8. The summed E-state index contributed by atoms with van der Waals surface area (Å²) in [4.78, 5) is 26.1. The summed E-state index contributed by atoms with van der Waals surface area (Å²) in [5.74, 6) is 0.0257. The number of thioether (sulfide) groups is 1. The van der Waals surface area contributed by atoms with Crippen LogP contribution in [0, 0.1) is 19.8 Å². The molecule has 5 heteroatoms. The van der Waals surface area contributed by atoms with Gasteiger partial charge in [-0.1, -0.05) is 59.7 Å². The van der Waals surface area contributed by atoms with Crippen molar-refractivity contribution < 1.29 is 9.59 Å². The summed E-state index contributed by atoms with van der Waals surface area (Å²) in [7, 11) is 0. The van der Waals surface area contributed by atoms with E-state index in [-0.39, 0.29) is 23.8 Å². The number of amides is 2. The largest absolute Gasteiger partial charge is 0.352 e. The van der Waals surface area contributed by atoms with E-state index in [0.717, 1.165) is 28.9 Å². The highest BCUT2D eigenvalue weighted by atomic mass is 32.2. The van der Waals surface area contributed by atoms with Gasteiger partial charge in [0.2, 0.25) is 5.91 Å². The van der Waals surface area contributed by atoms with E-state index in [2.05, 4.69) is 48.7 Å². The second-order valence-electron chi connectivity index (χ2n) is 8.37. The predicted molar refractivity (Wildman–Crippen MR) is 123 cm³/mol. The zero-order chi connectivity index (χ0) is 21.1. The third-order valence-corrected chi connectivity index (χ3v) is 7.33. The molecule has 1 saturated heterocycles. The Morgan fingerprint density at radius 1 is 1.13 bits per heavy atom. The van der Waals surface area contributed by atoms with E-state index >= 15 is 0 Å². The van der Waals surface area contributed by atoms with E-state index in [9.17, 15) is 9.59 Å². The van der Waals surface area contributed by atoms with Gasteiger partial charge in [0.25, 0.3) is 5.91 Å². The molecule has 2 aromatic carbocycles. The van der Waals surface area contributed by atoms with Crippen LogP contribution in [0.2, 0.25) is 0 Å². The highest BCUT2D eigenvalue weighted by Crippen LogP contribution is 2.40. The van der Waals surface area contributed by atoms with Crippen LogP contribution < -0.4 is 10.6 Å². The van der Waals surface area contributed by atoms with Crippen LogP contribution in [0.1, 0.15) is 41.5 Å². The van der Waals surface area contributed by atoms with Gasteiger partial charge in [-0.15, -0.1) is 11.8 Å². The molecule has 1 aliphatic carbocycles. The minimum absolute atomic E-state index is 0.0246. The number of benzene rings is 2. The van der Waals surface area contributed by atoms with E-state index in [1.807, 2.05) is 30.3 Å². The molecule has 4 rings (SSSR count). The number of aryl methyl sites for hydroxylation is 2. The van der Waals surface area contributed by atoms with Gasteiger partial charge in [0.15, 0.2) is 0 Å². The molecule has 1 heterocycles. The first-order valence-corrected chi connectivity index (χ1v) is 11.4. The molecule has 1 saturated carbocycles. The highest BCUT2D eigenvalue weighted by Gasteiger charge is 2.39. The number of nitrogens with one attached hydrogen (secondary N) is 2. The summed E-state index contributed by atoms with van der Waals surface area (Å²) in [6.07, 6.45) is 4.48. The number of carbonyl (C=O) groups is 2. The van der Waals surface area contributed by atoms with Crippen molar-refractivity contribution in [1.82, 2.24) is 10.6 Å². The van der Waals surface area contributed by atoms with Crippen molar-refractivity contribution in [3.05, 3.63) is 75.7 Å². The van der Waals surface area contributed by atoms with Gasteiger partial charge in [0, 0.05) is 23.8 Å². The molecule has 0 aromatic heterocycles. The maximum atomic E-state index is 12.7. The maximum absolute atomic E-state index is 12.7. The number of hydrogen-bond acceptors (Lipinski definition) is 3. The monoisotopic (exact) mass is 420 g/mol. The SMILES string of the molecule is Cc1ccc(CNC(=O)C2CCC3S/C(=C/c4cccc(C)c4)C(=O)NC3C2)cc1. The number of carbonyl (C=O) groups excluding carboxylic acids is 2. The molecule has 156 valence electrons. The van der Waals surface area contributed by atoms with Crippen LogP contribution in [0.5, 0.6) is 0 Å².